The zero-order valence-corrected chi connectivity index (χ0v) is 7.06. The summed E-state index contributed by atoms with van der Waals surface area (Å²) >= 11 is 0. The lowest BCUT2D eigenvalue weighted by molar-refractivity contribution is 0.112. The van der Waals surface area contributed by atoms with Crippen LogP contribution in [0, 0.1) is 0 Å². The zero-order valence-electron chi connectivity index (χ0n) is 7.06. The quantitative estimate of drug-likeness (QED) is 0.665. The van der Waals surface area contributed by atoms with Crippen LogP contribution in [0.3, 0.4) is 0 Å². The van der Waals surface area contributed by atoms with E-state index in [0.29, 0.717) is 25.0 Å². The summed E-state index contributed by atoms with van der Waals surface area (Å²) in [5.41, 5.74) is 5.68. The van der Waals surface area contributed by atoms with E-state index in [9.17, 15) is 9.90 Å². The molecule has 0 atom stereocenters. The number of aromatic hydroxyl groups is 1. The molecule has 70 valence electrons. The van der Waals surface area contributed by atoms with Crippen molar-refractivity contribution in [1.29, 1.82) is 0 Å². The van der Waals surface area contributed by atoms with E-state index in [4.69, 9.17) is 10.5 Å². The van der Waals surface area contributed by atoms with Gasteiger partial charge in [-0.25, -0.2) is 0 Å². The normalized spacial score (nSPS) is 9.62. The number of benzene rings is 1. The number of aldehydes is 1. The van der Waals surface area contributed by atoms with E-state index in [0.717, 1.165) is 0 Å². The highest BCUT2D eigenvalue weighted by Crippen LogP contribution is 2.25. The molecule has 0 heterocycles. The van der Waals surface area contributed by atoms with Crippen molar-refractivity contribution in [3.8, 4) is 11.5 Å². The van der Waals surface area contributed by atoms with Gasteiger partial charge in [0, 0.05) is 12.1 Å². The third kappa shape index (κ3) is 2.45. The largest absolute Gasteiger partial charge is 0.504 e. The Hall–Kier alpha value is -1.55. The maximum absolute atomic E-state index is 10.4. The fourth-order valence-electron chi connectivity index (χ4n) is 0.889. The predicted molar refractivity (Wildman–Crippen MR) is 48.0 cm³/mol. The minimum Gasteiger partial charge on any atom is -0.504 e. The number of carbonyl (C=O) groups is 1. The van der Waals surface area contributed by atoms with Crippen molar-refractivity contribution in [2.75, 3.05) is 13.2 Å². The summed E-state index contributed by atoms with van der Waals surface area (Å²) < 4.78 is 5.09. The van der Waals surface area contributed by atoms with Gasteiger partial charge < -0.3 is 15.6 Å². The highest BCUT2D eigenvalue weighted by Gasteiger charge is 2.02. The molecule has 0 radical (unpaired) electrons. The first kappa shape index (κ1) is 9.54. The fourth-order valence-corrected chi connectivity index (χ4v) is 0.889. The third-order valence-corrected chi connectivity index (χ3v) is 1.50. The van der Waals surface area contributed by atoms with Crippen LogP contribution >= 0.6 is 0 Å². The van der Waals surface area contributed by atoms with Crippen LogP contribution in [0.25, 0.3) is 0 Å². The van der Waals surface area contributed by atoms with E-state index in [1.807, 2.05) is 0 Å². The first-order valence-corrected chi connectivity index (χ1v) is 3.89. The Morgan fingerprint density at radius 3 is 2.92 bits per heavy atom. The fraction of sp³-hybridized carbons (Fsp3) is 0.222. The monoisotopic (exact) mass is 181 g/mol. The van der Waals surface area contributed by atoms with E-state index < -0.39 is 0 Å². The molecule has 0 amide bonds. The van der Waals surface area contributed by atoms with Gasteiger partial charge in [-0.2, -0.15) is 0 Å². The molecule has 0 saturated carbocycles. The average Bonchev–Trinajstić information content (AvgIpc) is 2.17. The van der Waals surface area contributed by atoms with Gasteiger partial charge in [0.05, 0.1) is 0 Å². The van der Waals surface area contributed by atoms with Crippen LogP contribution < -0.4 is 10.5 Å². The molecule has 1 aromatic rings. The lowest BCUT2D eigenvalue weighted by atomic mass is 10.2. The Morgan fingerprint density at radius 1 is 1.54 bits per heavy atom. The molecule has 0 aliphatic carbocycles. The molecular weight excluding hydrogens is 170 g/mol. The number of carbonyl (C=O) groups excluding carboxylic acids is 1. The van der Waals surface area contributed by atoms with Crippen molar-refractivity contribution in [1.82, 2.24) is 0 Å². The van der Waals surface area contributed by atoms with Gasteiger partial charge in [0.1, 0.15) is 12.9 Å². The van der Waals surface area contributed by atoms with Crippen LogP contribution in [0.1, 0.15) is 10.4 Å². The number of phenols is 1. The van der Waals surface area contributed by atoms with Crippen LogP contribution in [0.2, 0.25) is 0 Å². The third-order valence-electron chi connectivity index (χ3n) is 1.50. The molecule has 13 heavy (non-hydrogen) atoms. The molecule has 1 aromatic carbocycles. The lowest BCUT2D eigenvalue weighted by Gasteiger charge is -2.06. The first-order valence-electron chi connectivity index (χ1n) is 3.89. The number of hydrogen-bond donors (Lipinski definition) is 2. The number of ether oxygens (including phenoxy) is 1. The second kappa shape index (κ2) is 4.47. The molecule has 0 saturated heterocycles. The lowest BCUT2D eigenvalue weighted by Crippen LogP contribution is -2.10. The van der Waals surface area contributed by atoms with E-state index >= 15 is 0 Å². The molecule has 0 aliphatic heterocycles. The summed E-state index contributed by atoms with van der Waals surface area (Å²) in [4.78, 5) is 10.4. The second-order valence-corrected chi connectivity index (χ2v) is 2.48. The SMILES string of the molecule is NCCOc1cc(C=O)ccc1O. The number of phenolic OH excluding ortho intramolecular Hbond substituents is 1. The topological polar surface area (TPSA) is 72.5 Å². The van der Waals surface area contributed by atoms with Crippen molar-refractivity contribution >= 4 is 6.29 Å². The van der Waals surface area contributed by atoms with Crippen molar-refractivity contribution in [3.63, 3.8) is 0 Å². The summed E-state index contributed by atoms with van der Waals surface area (Å²) in [5.74, 6) is 0.300. The van der Waals surface area contributed by atoms with Gasteiger partial charge in [-0.15, -0.1) is 0 Å². The van der Waals surface area contributed by atoms with E-state index in [2.05, 4.69) is 0 Å². The standard InChI is InChI=1S/C9H11NO3/c10-3-4-13-9-5-7(6-11)1-2-8(9)12/h1-2,5-6,12H,3-4,10H2. The van der Waals surface area contributed by atoms with Gasteiger partial charge in [0.15, 0.2) is 11.5 Å². The summed E-state index contributed by atoms with van der Waals surface area (Å²) in [6.45, 7) is 0.681. The Balaban J connectivity index is 2.83. The van der Waals surface area contributed by atoms with Crippen LogP contribution in [-0.4, -0.2) is 24.5 Å². The van der Waals surface area contributed by atoms with Gasteiger partial charge in [0.25, 0.3) is 0 Å². The average molecular weight is 181 g/mol. The Morgan fingerprint density at radius 2 is 2.31 bits per heavy atom. The minimum atomic E-state index is 0.0130. The van der Waals surface area contributed by atoms with Gasteiger partial charge in [-0.1, -0.05) is 0 Å². The number of rotatable bonds is 4. The van der Waals surface area contributed by atoms with E-state index in [1.54, 1.807) is 0 Å². The predicted octanol–water partition coefficient (Wildman–Crippen LogP) is 0.542. The summed E-state index contributed by atoms with van der Waals surface area (Å²) in [5, 5.41) is 9.28. The molecule has 1 rings (SSSR count). The van der Waals surface area contributed by atoms with E-state index in [-0.39, 0.29) is 11.5 Å². The van der Waals surface area contributed by atoms with Crippen molar-refractivity contribution in [2.45, 2.75) is 0 Å². The molecule has 0 bridgehead atoms. The van der Waals surface area contributed by atoms with Crippen LogP contribution in [0.4, 0.5) is 0 Å². The molecule has 0 spiro atoms. The molecule has 4 heteroatoms. The maximum Gasteiger partial charge on any atom is 0.161 e. The molecule has 0 aromatic heterocycles. The Bertz CT molecular complexity index is 299. The highest BCUT2D eigenvalue weighted by molar-refractivity contribution is 5.76. The minimum absolute atomic E-state index is 0.0130. The smallest absolute Gasteiger partial charge is 0.161 e. The molecule has 0 aliphatic rings. The van der Waals surface area contributed by atoms with Crippen molar-refractivity contribution in [2.24, 2.45) is 5.73 Å². The summed E-state index contributed by atoms with van der Waals surface area (Å²) in [7, 11) is 0. The first-order chi connectivity index (χ1) is 6.27. The number of nitrogens with two attached hydrogens (primary N) is 1. The maximum atomic E-state index is 10.4. The van der Waals surface area contributed by atoms with Crippen LogP contribution in [0.15, 0.2) is 18.2 Å². The molecule has 3 N–H and O–H groups in total. The van der Waals surface area contributed by atoms with Crippen molar-refractivity contribution in [3.05, 3.63) is 23.8 Å². The molecule has 0 fully saturated rings. The zero-order chi connectivity index (χ0) is 9.68. The second-order valence-electron chi connectivity index (χ2n) is 2.48. The van der Waals surface area contributed by atoms with E-state index in [1.165, 1.54) is 18.2 Å². The number of hydrogen-bond acceptors (Lipinski definition) is 4. The van der Waals surface area contributed by atoms with Crippen molar-refractivity contribution < 1.29 is 14.6 Å². The van der Waals surface area contributed by atoms with Gasteiger partial charge in [-0.05, 0) is 18.2 Å². The van der Waals surface area contributed by atoms with Gasteiger partial charge in [0.2, 0.25) is 0 Å². The van der Waals surface area contributed by atoms with Crippen LogP contribution in [-0.2, 0) is 0 Å². The summed E-state index contributed by atoms with van der Waals surface area (Å²) in [6, 6.07) is 4.39. The highest BCUT2D eigenvalue weighted by atomic mass is 16.5. The Labute approximate surface area is 75.9 Å². The molecule has 4 nitrogen and oxygen atoms in total. The Kier molecular flexibility index (Phi) is 3.28. The summed E-state index contributed by atoms with van der Waals surface area (Å²) in [6.07, 6.45) is 0.689. The molecular formula is C9H11NO3. The van der Waals surface area contributed by atoms with Gasteiger partial charge in [-0.3, -0.25) is 4.79 Å². The molecule has 0 unspecified atom stereocenters. The van der Waals surface area contributed by atoms with Crippen LogP contribution in [0.5, 0.6) is 11.5 Å². The van der Waals surface area contributed by atoms with Gasteiger partial charge >= 0.3 is 0 Å².